The van der Waals surface area contributed by atoms with Crippen LogP contribution in [-0.2, 0) is 36.9 Å². The van der Waals surface area contributed by atoms with Gasteiger partial charge in [-0.1, -0.05) is 18.2 Å². The normalized spacial score (nSPS) is 13.5. The van der Waals surface area contributed by atoms with Gasteiger partial charge in [0.25, 0.3) is 0 Å². The number of amides is 1. The fourth-order valence-corrected chi connectivity index (χ4v) is 4.02. The van der Waals surface area contributed by atoms with Gasteiger partial charge in [-0.3, -0.25) is 14.5 Å². The van der Waals surface area contributed by atoms with Crippen molar-refractivity contribution in [1.29, 1.82) is 0 Å². The molecule has 2 aromatic heterocycles. The Balaban J connectivity index is 1.48. The molecule has 3 aromatic rings. The first-order valence-electron chi connectivity index (χ1n) is 10.4. The van der Waals surface area contributed by atoms with Crippen molar-refractivity contribution < 1.29 is 22.7 Å². The van der Waals surface area contributed by atoms with E-state index >= 15 is 0 Å². The van der Waals surface area contributed by atoms with E-state index in [-0.39, 0.29) is 18.7 Å². The molecule has 0 spiro atoms. The number of aromatic nitrogens is 3. The van der Waals surface area contributed by atoms with Gasteiger partial charge >= 0.3 is 6.18 Å². The molecule has 4 rings (SSSR count). The minimum absolute atomic E-state index is 0.149. The molecule has 0 radical (unpaired) electrons. The summed E-state index contributed by atoms with van der Waals surface area (Å²) in [6.45, 7) is -0.111. The van der Waals surface area contributed by atoms with Crippen LogP contribution < -0.4 is 10.1 Å². The Bertz CT molecular complexity index is 1110. The Kier molecular flexibility index (Phi) is 6.16. The van der Waals surface area contributed by atoms with Crippen LogP contribution in [0.5, 0.6) is 5.75 Å². The maximum absolute atomic E-state index is 13.4. The second-order valence-electron chi connectivity index (χ2n) is 7.64. The van der Waals surface area contributed by atoms with Crippen molar-refractivity contribution in [2.45, 2.75) is 44.9 Å². The van der Waals surface area contributed by atoms with E-state index in [4.69, 9.17) is 4.74 Å². The van der Waals surface area contributed by atoms with E-state index in [0.29, 0.717) is 30.7 Å². The molecule has 1 aliphatic carbocycles. The first-order valence-corrected chi connectivity index (χ1v) is 10.4. The van der Waals surface area contributed by atoms with Crippen molar-refractivity contribution in [2.75, 3.05) is 7.11 Å². The molecule has 6 nitrogen and oxygen atoms in total. The molecule has 0 bridgehead atoms. The van der Waals surface area contributed by atoms with Gasteiger partial charge < -0.3 is 10.1 Å². The zero-order valence-corrected chi connectivity index (χ0v) is 17.6. The number of carbonyl (C=O) groups excluding carboxylic acids is 1. The van der Waals surface area contributed by atoms with Gasteiger partial charge in [0.2, 0.25) is 5.91 Å². The summed E-state index contributed by atoms with van der Waals surface area (Å²) in [6.07, 6.45) is -0.574. The highest BCUT2D eigenvalue weighted by Gasteiger charge is 2.39. The van der Waals surface area contributed by atoms with E-state index in [1.54, 1.807) is 19.4 Å². The number of hydrogen-bond acceptors (Lipinski definition) is 4. The van der Waals surface area contributed by atoms with Gasteiger partial charge in [-0.15, -0.1) is 0 Å². The van der Waals surface area contributed by atoms with Crippen molar-refractivity contribution in [1.82, 2.24) is 20.1 Å². The fraction of sp³-hybridized carbons (Fsp3) is 0.348. The molecule has 9 heteroatoms. The van der Waals surface area contributed by atoms with Gasteiger partial charge in [0.15, 0.2) is 5.69 Å². The van der Waals surface area contributed by atoms with Crippen LogP contribution in [-0.4, -0.2) is 27.8 Å². The Hall–Kier alpha value is -3.36. The van der Waals surface area contributed by atoms with Crippen molar-refractivity contribution >= 4 is 5.91 Å². The zero-order valence-electron chi connectivity index (χ0n) is 17.6. The predicted molar refractivity (Wildman–Crippen MR) is 112 cm³/mol. The van der Waals surface area contributed by atoms with Gasteiger partial charge in [-0.2, -0.15) is 18.3 Å². The minimum Gasteiger partial charge on any atom is -0.497 e. The van der Waals surface area contributed by atoms with Crippen LogP contribution in [0.15, 0.2) is 42.6 Å². The smallest absolute Gasteiger partial charge is 0.435 e. The molecule has 0 unspecified atom stereocenters. The Morgan fingerprint density at radius 1 is 1.16 bits per heavy atom. The minimum atomic E-state index is -4.52. The number of hydrogen-bond donors (Lipinski definition) is 1. The third-order valence-electron chi connectivity index (χ3n) is 5.56. The number of fused-ring (bicyclic) bond motifs is 1. The summed E-state index contributed by atoms with van der Waals surface area (Å²) in [7, 11) is 1.59. The first-order chi connectivity index (χ1) is 15.4. The lowest BCUT2D eigenvalue weighted by Crippen LogP contribution is -2.29. The van der Waals surface area contributed by atoms with Crippen molar-refractivity contribution in [3.05, 3.63) is 65.2 Å². The molecule has 2 heterocycles. The summed E-state index contributed by atoms with van der Waals surface area (Å²) in [5.41, 5.74) is 2.29. The Morgan fingerprint density at radius 2 is 1.91 bits per heavy atom. The molecular formula is C23H23F3N4O2. The summed E-state index contributed by atoms with van der Waals surface area (Å²) in [6, 6.07) is 11.2. The van der Waals surface area contributed by atoms with Crippen LogP contribution >= 0.6 is 0 Å². The number of ether oxygens (including phenoxy) is 1. The lowest BCUT2D eigenvalue weighted by atomic mass is 9.95. The van der Waals surface area contributed by atoms with Crippen LogP contribution in [0.25, 0.3) is 11.1 Å². The third kappa shape index (κ3) is 4.61. The predicted octanol–water partition coefficient (Wildman–Crippen LogP) is 4.17. The molecule has 1 amide bonds. The number of halogens is 3. The third-order valence-corrected chi connectivity index (χ3v) is 5.56. The highest BCUT2D eigenvalue weighted by atomic mass is 19.4. The highest BCUT2D eigenvalue weighted by Crippen LogP contribution is 2.35. The number of rotatable bonds is 6. The van der Waals surface area contributed by atoms with E-state index in [1.807, 2.05) is 30.3 Å². The van der Waals surface area contributed by atoms with Crippen molar-refractivity contribution in [3.63, 3.8) is 0 Å². The van der Waals surface area contributed by atoms with E-state index in [2.05, 4.69) is 15.4 Å². The van der Waals surface area contributed by atoms with Crippen LogP contribution in [0.3, 0.4) is 0 Å². The highest BCUT2D eigenvalue weighted by molar-refractivity contribution is 5.76. The summed E-state index contributed by atoms with van der Waals surface area (Å²) in [5.74, 6) is 0.314. The molecule has 1 aliphatic rings. The summed E-state index contributed by atoms with van der Waals surface area (Å²) < 4.78 is 46.5. The largest absolute Gasteiger partial charge is 0.497 e. The number of carbonyl (C=O) groups is 1. The lowest BCUT2D eigenvalue weighted by Gasteiger charge is -2.15. The van der Waals surface area contributed by atoms with E-state index in [0.717, 1.165) is 23.3 Å². The summed E-state index contributed by atoms with van der Waals surface area (Å²) in [4.78, 5) is 16.9. The van der Waals surface area contributed by atoms with Gasteiger partial charge in [0.1, 0.15) is 12.3 Å². The van der Waals surface area contributed by atoms with E-state index in [9.17, 15) is 18.0 Å². The topological polar surface area (TPSA) is 69.0 Å². The molecule has 168 valence electrons. The average Bonchev–Trinajstić information content (AvgIpc) is 3.17. The average molecular weight is 444 g/mol. The Morgan fingerprint density at radius 3 is 2.62 bits per heavy atom. The van der Waals surface area contributed by atoms with Gasteiger partial charge in [-0.05, 0) is 49.4 Å². The number of pyridine rings is 1. The fourth-order valence-electron chi connectivity index (χ4n) is 4.02. The van der Waals surface area contributed by atoms with Gasteiger partial charge in [0, 0.05) is 23.0 Å². The maximum Gasteiger partial charge on any atom is 0.435 e. The van der Waals surface area contributed by atoms with Gasteiger partial charge in [-0.25, -0.2) is 0 Å². The number of alkyl halides is 3. The quantitative estimate of drug-likeness (QED) is 0.620. The molecule has 0 saturated heterocycles. The zero-order chi connectivity index (χ0) is 22.7. The number of benzene rings is 1. The monoisotopic (exact) mass is 444 g/mol. The first kappa shape index (κ1) is 21.9. The lowest BCUT2D eigenvalue weighted by molar-refractivity contribution is -0.142. The maximum atomic E-state index is 13.4. The van der Waals surface area contributed by atoms with Crippen LogP contribution in [0.4, 0.5) is 13.2 Å². The van der Waals surface area contributed by atoms with E-state index in [1.165, 1.54) is 4.68 Å². The van der Waals surface area contributed by atoms with Crippen molar-refractivity contribution in [3.8, 4) is 16.9 Å². The molecule has 0 atom stereocenters. The number of methoxy groups -OCH3 is 1. The van der Waals surface area contributed by atoms with Crippen LogP contribution in [0.1, 0.15) is 35.5 Å². The standard InChI is InChI=1S/C23H23F3N4O2/c1-32-16-10-8-15(9-11-16)17-6-4-12-27-19(17)13-28-21(31)14-30-20-7-3-2-5-18(20)22(29-30)23(24,25)26/h4,6,8-12H,2-3,5,7,13-14H2,1H3,(H,28,31). The summed E-state index contributed by atoms with van der Waals surface area (Å²) >= 11 is 0. The molecule has 0 fully saturated rings. The number of nitrogens with one attached hydrogen (secondary N) is 1. The second-order valence-corrected chi connectivity index (χ2v) is 7.64. The summed E-state index contributed by atoms with van der Waals surface area (Å²) in [5, 5.41) is 6.51. The molecule has 1 N–H and O–H groups in total. The van der Waals surface area contributed by atoms with Crippen LogP contribution in [0, 0.1) is 0 Å². The molecule has 1 aromatic carbocycles. The number of nitrogens with zero attached hydrogens (tertiary/aromatic N) is 3. The van der Waals surface area contributed by atoms with E-state index < -0.39 is 17.8 Å². The van der Waals surface area contributed by atoms with Crippen molar-refractivity contribution in [2.24, 2.45) is 0 Å². The molecule has 32 heavy (non-hydrogen) atoms. The Labute approximate surface area is 183 Å². The SMILES string of the molecule is COc1ccc(-c2cccnc2CNC(=O)Cn2nc(C(F)(F)F)c3c2CCCC3)cc1. The van der Waals surface area contributed by atoms with Crippen LogP contribution in [0.2, 0.25) is 0 Å². The molecule has 0 aliphatic heterocycles. The van der Waals surface area contributed by atoms with Gasteiger partial charge in [0.05, 0.1) is 19.3 Å². The molecule has 0 saturated carbocycles. The second kappa shape index (κ2) is 9.02. The molecular weight excluding hydrogens is 421 g/mol.